The Morgan fingerprint density at radius 3 is 2.39 bits per heavy atom. The molecule has 6 heteroatoms. The van der Waals surface area contributed by atoms with Crippen molar-refractivity contribution in [3.63, 3.8) is 0 Å². The van der Waals surface area contributed by atoms with Crippen molar-refractivity contribution < 1.29 is 19.1 Å². The summed E-state index contributed by atoms with van der Waals surface area (Å²) < 4.78 is 11.8. The van der Waals surface area contributed by atoms with E-state index in [0.717, 1.165) is 11.3 Å². The van der Waals surface area contributed by atoms with E-state index in [9.17, 15) is 9.59 Å². The SMILES string of the molecule is Cc1cccc2c1N=C1C3=C(C(=O)c4ccccc4C3=O)C(N3CCOCC3)=CC1O2. The first-order chi connectivity index (χ1) is 15.1. The van der Waals surface area contributed by atoms with Crippen molar-refractivity contribution in [1.29, 1.82) is 0 Å². The van der Waals surface area contributed by atoms with Crippen LogP contribution in [0.15, 0.2) is 70.4 Å². The first-order valence-electron chi connectivity index (χ1n) is 10.5. The lowest BCUT2D eigenvalue weighted by atomic mass is 9.76. The van der Waals surface area contributed by atoms with Gasteiger partial charge in [-0.2, -0.15) is 0 Å². The smallest absolute Gasteiger partial charge is 0.196 e. The Hall–Kier alpha value is -3.51. The number of aliphatic imine (C=N–C) groups is 1. The summed E-state index contributed by atoms with van der Waals surface area (Å²) in [6.45, 7) is 4.42. The second-order valence-corrected chi connectivity index (χ2v) is 8.06. The highest BCUT2D eigenvalue weighted by Crippen LogP contribution is 2.43. The fourth-order valence-corrected chi connectivity index (χ4v) is 4.72. The molecule has 154 valence electrons. The summed E-state index contributed by atoms with van der Waals surface area (Å²) in [5.41, 5.74) is 4.59. The molecule has 2 aromatic rings. The van der Waals surface area contributed by atoms with Crippen LogP contribution < -0.4 is 4.74 Å². The molecule has 2 aromatic carbocycles. The molecule has 31 heavy (non-hydrogen) atoms. The summed E-state index contributed by atoms with van der Waals surface area (Å²) in [6, 6.07) is 12.8. The highest BCUT2D eigenvalue weighted by molar-refractivity contribution is 6.40. The third kappa shape index (κ3) is 2.65. The molecule has 1 atom stereocenters. The quantitative estimate of drug-likeness (QED) is 0.718. The number of benzene rings is 2. The van der Waals surface area contributed by atoms with Gasteiger partial charge in [-0.05, 0) is 24.6 Å². The maximum absolute atomic E-state index is 13.7. The molecule has 2 aliphatic heterocycles. The number of para-hydroxylation sites is 1. The van der Waals surface area contributed by atoms with Crippen LogP contribution in [0, 0.1) is 6.92 Å². The summed E-state index contributed by atoms with van der Waals surface area (Å²) in [4.78, 5) is 34.3. The van der Waals surface area contributed by atoms with Gasteiger partial charge in [0.05, 0.1) is 30.1 Å². The molecule has 0 bridgehead atoms. The van der Waals surface area contributed by atoms with Gasteiger partial charge >= 0.3 is 0 Å². The Kier molecular flexibility index (Phi) is 3.98. The lowest BCUT2D eigenvalue weighted by molar-refractivity contribution is 0.0535. The monoisotopic (exact) mass is 412 g/mol. The molecule has 6 nitrogen and oxygen atoms in total. The van der Waals surface area contributed by atoms with Gasteiger partial charge in [-0.25, -0.2) is 4.99 Å². The molecule has 0 saturated carbocycles. The largest absolute Gasteiger partial charge is 0.478 e. The molecule has 1 saturated heterocycles. The molecule has 0 aromatic heterocycles. The van der Waals surface area contributed by atoms with E-state index in [1.54, 1.807) is 24.3 Å². The van der Waals surface area contributed by atoms with E-state index in [0.29, 0.717) is 65.7 Å². The molecule has 2 heterocycles. The zero-order valence-electron chi connectivity index (χ0n) is 17.1. The number of aryl methyl sites for hydroxylation is 1. The highest BCUT2D eigenvalue weighted by Gasteiger charge is 2.44. The molecule has 0 N–H and O–H groups in total. The molecular weight excluding hydrogens is 392 g/mol. The van der Waals surface area contributed by atoms with Gasteiger partial charge in [0, 0.05) is 29.9 Å². The average Bonchev–Trinajstić information content (AvgIpc) is 2.81. The van der Waals surface area contributed by atoms with Crippen molar-refractivity contribution in [2.45, 2.75) is 13.0 Å². The van der Waals surface area contributed by atoms with Crippen molar-refractivity contribution >= 4 is 23.0 Å². The van der Waals surface area contributed by atoms with Crippen LogP contribution in [-0.4, -0.2) is 54.6 Å². The molecule has 6 rings (SSSR count). The maximum Gasteiger partial charge on any atom is 0.196 e. The first kappa shape index (κ1) is 18.3. The van der Waals surface area contributed by atoms with E-state index < -0.39 is 6.10 Å². The Morgan fingerprint density at radius 1 is 0.935 bits per heavy atom. The number of rotatable bonds is 1. The Labute approximate surface area is 179 Å². The molecule has 1 fully saturated rings. The van der Waals surface area contributed by atoms with Gasteiger partial charge in [0.15, 0.2) is 17.7 Å². The second-order valence-electron chi connectivity index (χ2n) is 8.06. The van der Waals surface area contributed by atoms with Crippen LogP contribution in [0.1, 0.15) is 26.3 Å². The van der Waals surface area contributed by atoms with Crippen LogP contribution in [0.3, 0.4) is 0 Å². The molecule has 0 radical (unpaired) electrons. The molecule has 0 spiro atoms. The lowest BCUT2D eigenvalue weighted by Crippen LogP contribution is -2.45. The predicted molar refractivity (Wildman–Crippen MR) is 115 cm³/mol. The van der Waals surface area contributed by atoms with Crippen molar-refractivity contribution in [2.75, 3.05) is 26.3 Å². The van der Waals surface area contributed by atoms with Gasteiger partial charge in [0.1, 0.15) is 11.4 Å². The lowest BCUT2D eigenvalue weighted by Gasteiger charge is -2.39. The number of ketones is 2. The van der Waals surface area contributed by atoms with Crippen LogP contribution in [0.5, 0.6) is 5.75 Å². The van der Waals surface area contributed by atoms with Gasteiger partial charge in [-0.3, -0.25) is 9.59 Å². The Morgan fingerprint density at radius 2 is 1.65 bits per heavy atom. The van der Waals surface area contributed by atoms with Gasteiger partial charge < -0.3 is 14.4 Å². The number of ether oxygens (including phenoxy) is 2. The number of fused-ring (bicyclic) bond motifs is 4. The fraction of sp³-hybridized carbons (Fsp3) is 0.240. The molecular formula is C25H20N2O4. The Balaban J connectivity index is 1.60. The topological polar surface area (TPSA) is 68.2 Å². The molecule has 4 aliphatic rings. The summed E-state index contributed by atoms with van der Waals surface area (Å²) in [5.74, 6) is 0.374. The summed E-state index contributed by atoms with van der Waals surface area (Å²) in [6.07, 6.45) is 1.42. The van der Waals surface area contributed by atoms with E-state index in [4.69, 9.17) is 14.5 Å². The molecule has 2 aliphatic carbocycles. The number of hydrogen-bond acceptors (Lipinski definition) is 6. The van der Waals surface area contributed by atoms with E-state index >= 15 is 0 Å². The van der Waals surface area contributed by atoms with E-state index in [1.165, 1.54) is 0 Å². The van der Waals surface area contributed by atoms with Gasteiger partial charge in [0.2, 0.25) is 0 Å². The van der Waals surface area contributed by atoms with Crippen molar-refractivity contribution in [2.24, 2.45) is 4.99 Å². The van der Waals surface area contributed by atoms with Crippen molar-refractivity contribution in [3.05, 3.63) is 82.1 Å². The number of nitrogens with zero attached hydrogens (tertiary/aromatic N) is 2. The molecule has 0 amide bonds. The van der Waals surface area contributed by atoms with Crippen LogP contribution in [0.2, 0.25) is 0 Å². The van der Waals surface area contributed by atoms with E-state index in [1.807, 2.05) is 31.2 Å². The van der Waals surface area contributed by atoms with Gasteiger partial charge in [-0.15, -0.1) is 0 Å². The first-order valence-corrected chi connectivity index (χ1v) is 10.5. The minimum Gasteiger partial charge on any atom is -0.478 e. The zero-order chi connectivity index (χ0) is 21.1. The molecule has 1 unspecified atom stereocenters. The van der Waals surface area contributed by atoms with Crippen LogP contribution in [0.25, 0.3) is 0 Å². The van der Waals surface area contributed by atoms with Crippen LogP contribution in [-0.2, 0) is 4.74 Å². The Bertz CT molecular complexity index is 1250. The standard InChI is InChI=1S/C25H20N2O4/c1-14-5-4-8-18-22(14)26-23-19(31-18)13-17(27-9-11-30-12-10-27)20-21(23)25(29)16-7-3-2-6-15(16)24(20)28/h2-8,13,19H,9-12H2,1H3. The number of carbonyl (C=O) groups is 2. The minimum absolute atomic E-state index is 0.139. The summed E-state index contributed by atoms with van der Waals surface area (Å²) in [5, 5.41) is 0. The van der Waals surface area contributed by atoms with Gasteiger partial charge in [-0.1, -0.05) is 36.4 Å². The predicted octanol–water partition coefficient (Wildman–Crippen LogP) is 3.43. The number of morpholine rings is 1. The van der Waals surface area contributed by atoms with Crippen LogP contribution in [0.4, 0.5) is 5.69 Å². The zero-order valence-corrected chi connectivity index (χ0v) is 17.1. The van der Waals surface area contributed by atoms with Gasteiger partial charge in [0.25, 0.3) is 0 Å². The maximum atomic E-state index is 13.7. The number of allylic oxidation sites excluding steroid dienone is 1. The van der Waals surface area contributed by atoms with Crippen molar-refractivity contribution in [3.8, 4) is 5.75 Å². The number of Topliss-reactive ketones (excluding diaryl/α,β-unsaturated/α-hetero) is 2. The highest BCUT2D eigenvalue weighted by atomic mass is 16.5. The second kappa shape index (κ2) is 6.75. The average molecular weight is 412 g/mol. The minimum atomic E-state index is -0.520. The number of hydrogen-bond donors (Lipinski definition) is 0. The van der Waals surface area contributed by atoms with E-state index in [2.05, 4.69) is 4.90 Å². The normalized spacial score (nSPS) is 22.0. The summed E-state index contributed by atoms with van der Waals surface area (Å²) in [7, 11) is 0. The fourth-order valence-electron chi connectivity index (χ4n) is 4.72. The number of carbonyl (C=O) groups excluding carboxylic acids is 2. The van der Waals surface area contributed by atoms with Crippen LogP contribution >= 0.6 is 0 Å². The third-order valence-corrected chi connectivity index (χ3v) is 6.25. The summed E-state index contributed by atoms with van der Waals surface area (Å²) >= 11 is 0. The third-order valence-electron chi connectivity index (χ3n) is 6.25. The van der Waals surface area contributed by atoms with E-state index in [-0.39, 0.29) is 11.6 Å². The van der Waals surface area contributed by atoms with Crippen molar-refractivity contribution in [1.82, 2.24) is 4.90 Å².